The molecule has 0 aliphatic carbocycles. The lowest BCUT2D eigenvalue weighted by atomic mass is 10.4. The highest BCUT2D eigenvalue weighted by Gasteiger charge is 2.07. The zero-order valence-corrected chi connectivity index (χ0v) is 8.99. The molecule has 9 nitrogen and oxygen atoms in total. The molecule has 0 aliphatic rings. The molecule has 0 saturated carbocycles. The van der Waals surface area contributed by atoms with E-state index in [-0.39, 0.29) is 0 Å². The topological polar surface area (TPSA) is 110 Å². The molecule has 0 saturated heterocycles. The maximum absolute atomic E-state index is 4.16. The minimum absolute atomic E-state index is 0.442. The second-order valence-corrected chi connectivity index (χ2v) is 3.41. The molecule has 0 aliphatic heterocycles. The molecule has 3 rings (SSSR count). The van der Waals surface area contributed by atoms with Gasteiger partial charge in [-0.25, -0.2) is 9.97 Å². The van der Waals surface area contributed by atoms with E-state index in [1.54, 1.807) is 10.9 Å². The summed E-state index contributed by atoms with van der Waals surface area (Å²) in [6.45, 7) is 0.442. The monoisotopic (exact) mass is 231 g/mol. The van der Waals surface area contributed by atoms with Crippen molar-refractivity contribution >= 4 is 16.9 Å². The summed E-state index contributed by atoms with van der Waals surface area (Å²) in [6.07, 6.45) is 3.20. The van der Waals surface area contributed by atoms with Crippen LogP contribution in [0.5, 0.6) is 0 Å². The third kappa shape index (κ3) is 1.67. The maximum atomic E-state index is 4.16. The van der Waals surface area contributed by atoms with Crippen molar-refractivity contribution in [3.8, 4) is 0 Å². The molecule has 0 amide bonds. The van der Waals surface area contributed by atoms with E-state index in [9.17, 15) is 0 Å². The Kier molecular flexibility index (Phi) is 2.14. The van der Waals surface area contributed by atoms with Crippen molar-refractivity contribution in [3.63, 3.8) is 0 Å². The predicted octanol–water partition coefficient (Wildman–Crippen LogP) is -0.512. The van der Waals surface area contributed by atoms with E-state index in [0.717, 1.165) is 11.0 Å². The van der Waals surface area contributed by atoms with Gasteiger partial charge >= 0.3 is 0 Å². The average molecular weight is 231 g/mol. The lowest BCUT2D eigenvalue weighted by Crippen LogP contribution is -2.04. The molecule has 0 radical (unpaired) electrons. The fraction of sp³-hybridized carbons (Fsp3) is 0.250. The minimum atomic E-state index is 0.442. The first-order valence-corrected chi connectivity index (χ1v) is 4.93. The molecule has 17 heavy (non-hydrogen) atoms. The number of rotatable bonds is 3. The van der Waals surface area contributed by atoms with Crippen molar-refractivity contribution in [2.75, 3.05) is 5.32 Å². The highest BCUT2D eigenvalue weighted by atomic mass is 15.5. The first kappa shape index (κ1) is 9.63. The third-order valence-electron chi connectivity index (χ3n) is 2.33. The molecule has 3 aromatic rings. The lowest BCUT2D eigenvalue weighted by molar-refractivity contribution is 0.785. The first-order valence-electron chi connectivity index (χ1n) is 4.93. The molecule has 9 heteroatoms. The summed E-state index contributed by atoms with van der Waals surface area (Å²) in [7, 11) is 1.83. The molecule has 0 atom stereocenters. The highest BCUT2D eigenvalue weighted by Crippen LogP contribution is 2.17. The van der Waals surface area contributed by atoms with Crippen LogP contribution < -0.4 is 5.32 Å². The Bertz CT molecular complexity index is 626. The Hall–Kier alpha value is -2.58. The molecule has 3 heterocycles. The summed E-state index contributed by atoms with van der Waals surface area (Å²) in [6, 6.07) is 0. The Morgan fingerprint density at radius 2 is 2.35 bits per heavy atom. The van der Waals surface area contributed by atoms with Gasteiger partial charge in [-0.05, 0) is 0 Å². The SMILES string of the molecule is Cn1ncc2c(NCc3nn[nH]n3)ncnc21. The van der Waals surface area contributed by atoms with Gasteiger partial charge in [0, 0.05) is 7.05 Å². The van der Waals surface area contributed by atoms with E-state index in [1.165, 1.54) is 6.33 Å². The number of hydrogen-bond acceptors (Lipinski definition) is 7. The number of aromatic amines is 1. The lowest BCUT2D eigenvalue weighted by Gasteiger charge is -2.02. The van der Waals surface area contributed by atoms with E-state index < -0.39 is 0 Å². The highest BCUT2D eigenvalue weighted by molar-refractivity contribution is 5.85. The summed E-state index contributed by atoms with van der Waals surface area (Å²) in [5, 5.41) is 21.6. The molecule has 0 unspecified atom stereocenters. The maximum Gasteiger partial charge on any atom is 0.193 e. The van der Waals surface area contributed by atoms with Crippen LogP contribution in [0.4, 0.5) is 5.82 Å². The summed E-state index contributed by atoms with van der Waals surface area (Å²) in [5.74, 6) is 1.27. The predicted molar refractivity (Wildman–Crippen MR) is 57.8 cm³/mol. The molecule has 2 N–H and O–H groups in total. The van der Waals surface area contributed by atoms with Crippen molar-refractivity contribution < 1.29 is 0 Å². The fourth-order valence-corrected chi connectivity index (χ4v) is 1.52. The molecular weight excluding hydrogens is 222 g/mol. The number of aryl methyl sites for hydroxylation is 1. The van der Waals surface area contributed by atoms with Crippen LogP contribution in [0.3, 0.4) is 0 Å². The minimum Gasteiger partial charge on any atom is -0.362 e. The van der Waals surface area contributed by atoms with Gasteiger partial charge < -0.3 is 5.32 Å². The van der Waals surface area contributed by atoms with Gasteiger partial charge in [0.25, 0.3) is 0 Å². The van der Waals surface area contributed by atoms with Gasteiger partial charge in [-0.3, -0.25) is 4.68 Å². The van der Waals surface area contributed by atoms with Crippen LogP contribution in [-0.2, 0) is 13.6 Å². The molecular formula is C8H9N9. The number of anilines is 1. The number of hydrogen-bond donors (Lipinski definition) is 2. The van der Waals surface area contributed by atoms with Crippen LogP contribution in [0.1, 0.15) is 5.82 Å². The summed E-state index contributed by atoms with van der Waals surface area (Å²) in [5.41, 5.74) is 0.774. The van der Waals surface area contributed by atoms with Crippen molar-refractivity contribution in [3.05, 3.63) is 18.3 Å². The molecule has 3 aromatic heterocycles. The van der Waals surface area contributed by atoms with Crippen molar-refractivity contribution in [2.24, 2.45) is 7.05 Å². The third-order valence-corrected chi connectivity index (χ3v) is 2.33. The van der Waals surface area contributed by atoms with Gasteiger partial charge in [0.15, 0.2) is 11.5 Å². The molecule has 0 aromatic carbocycles. The molecule has 0 spiro atoms. The van der Waals surface area contributed by atoms with Gasteiger partial charge in [0.05, 0.1) is 18.1 Å². The van der Waals surface area contributed by atoms with Crippen LogP contribution in [0, 0.1) is 0 Å². The summed E-state index contributed by atoms with van der Waals surface area (Å²) >= 11 is 0. The van der Waals surface area contributed by atoms with Crippen molar-refractivity contribution in [2.45, 2.75) is 6.54 Å². The smallest absolute Gasteiger partial charge is 0.193 e. The second kappa shape index (κ2) is 3.77. The quantitative estimate of drug-likeness (QED) is 0.624. The number of H-pyrrole nitrogens is 1. The Balaban J connectivity index is 1.90. The van der Waals surface area contributed by atoms with E-state index >= 15 is 0 Å². The zero-order chi connectivity index (χ0) is 11.7. The van der Waals surface area contributed by atoms with Crippen LogP contribution >= 0.6 is 0 Å². The van der Waals surface area contributed by atoms with E-state index in [4.69, 9.17) is 0 Å². The number of nitrogens with one attached hydrogen (secondary N) is 2. The standard InChI is InChI=1S/C8H9N9/c1-17-8-5(2-12-17)7(10-4-11-8)9-3-6-13-15-16-14-6/h2,4H,3H2,1H3,(H,9,10,11)(H,13,14,15,16). The molecule has 0 fully saturated rings. The summed E-state index contributed by atoms with van der Waals surface area (Å²) in [4.78, 5) is 8.30. The van der Waals surface area contributed by atoms with Gasteiger partial charge in [-0.2, -0.15) is 10.3 Å². The number of fused-ring (bicyclic) bond motifs is 1. The van der Waals surface area contributed by atoms with E-state index in [2.05, 4.69) is 41.0 Å². The van der Waals surface area contributed by atoms with Crippen molar-refractivity contribution in [1.29, 1.82) is 0 Å². The van der Waals surface area contributed by atoms with Crippen LogP contribution in [0.25, 0.3) is 11.0 Å². The fourth-order valence-electron chi connectivity index (χ4n) is 1.52. The largest absolute Gasteiger partial charge is 0.362 e. The van der Waals surface area contributed by atoms with Crippen LogP contribution in [0.15, 0.2) is 12.5 Å². The number of nitrogens with zero attached hydrogens (tertiary/aromatic N) is 7. The van der Waals surface area contributed by atoms with Crippen LogP contribution in [0.2, 0.25) is 0 Å². The molecule has 0 bridgehead atoms. The van der Waals surface area contributed by atoms with Gasteiger partial charge in [0.1, 0.15) is 12.1 Å². The van der Waals surface area contributed by atoms with Gasteiger partial charge in [-0.1, -0.05) is 5.21 Å². The normalized spacial score (nSPS) is 10.9. The summed E-state index contributed by atoms with van der Waals surface area (Å²) < 4.78 is 1.69. The van der Waals surface area contributed by atoms with Crippen molar-refractivity contribution in [1.82, 2.24) is 40.4 Å². The van der Waals surface area contributed by atoms with Gasteiger partial charge in [0.2, 0.25) is 0 Å². The van der Waals surface area contributed by atoms with E-state index in [0.29, 0.717) is 18.2 Å². The van der Waals surface area contributed by atoms with Crippen LogP contribution in [-0.4, -0.2) is 40.4 Å². The second-order valence-electron chi connectivity index (χ2n) is 3.41. The Labute approximate surface area is 95.3 Å². The zero-order valence-electron chi connectivity index (χ0n) is 8.99. The first-order chi connectivity index (χ1) is 8.34. The number of aromatic nitrogens is 8. The Morgan fingerprint density at radius 3 is 3.18 bits per heavy atom. The molecule has 86 valence electrons. The number of tetrazole rings is 1. The van der Waals surface area contributed by atoms with E-state index in [1.807, 2.05) is 7.05 Å². The average Bonchev–Trinajstić information content (AvgIpc) is 2.97. The Morgan fingerprint density at radius 1 is 1.41 bits per heavy atom. The van der Waals surface area contributed by atoms with Gasteiger partial charge in [-0.15, -0.1) is 10.2 Å².